The molecule has 0 bridgehead atoms. The highest BCUT2D eigenvalue weighted by atomic mass is 33.1. The highest BCUT2D eigenvalue weighted by molar-refractivity contribution is 8.77. The van der Waals surface area contributed by atoms with Gasteiger partial charge in [-0.25, -0.2) is 0 Å². The average molecular weight is 293 g/mol. The summed E-state index contributed by atoms with van der Waals surface area (Å²) in [5.74, 6) is -0.00236. The van der Waals surface area contributed by atoms with E-state index in [4.69, 9.17) is 15.2 Å². The Hall–Kier alpha value is 0.115. The molecule has 1 fully saturated rings. The van der Waals surface area contributed by atoms with Crippen LogP contribution in [0.15, 0.2) is 0 Å². The molecule has 0 aliphatic carbocycles. The third-order valence-corrected chi connectivity index (χ3v) is 5.82. The summed E-state index contributed by atoms with van der Waals surface area (Å²) in [5, 5.41) is 29.6. The van der Waals surface area contributed by atoms with Crippen molar-refractivity contribution in [2.45, 2.75) is 43.3 Å². The van der Waals surface area contributed by atoms with Gasteiger partial charge in [0.25, 0.3) is 0 Å². The molecule has 1 heterocycles. The first kappa shape index (κ1) is 16.2. The minimum absolute atomic E-state index is 0.240. The monoisotopic (exact) mass is 293 g/mol. The van der Waals surface area contributed by atoms with E-state index in [2.05, 4.69) is 5.32 Å². The molecule has 1 aliphatic heterocycles. The van der Waals surface area contributed by atoms with Crippen LogP contribution in [0.3, 0.4) is 0 Å². The van der Waals surface area contributed by atoms with Crippen LogP contribution in [0.4, 0.5) is 0 Å². The maximum atomic E-state index is 11.5. The highest BCUT2D eigenvalue weighted by Crippen LogP contribution is 2.39. The first-order chi connectivity index (χ1) is 8.63. The summed E-state index contributed by atoms with van der Waals surface area (Å²) < 4.78 is 0. The molecule has 0 saturated carbocycles. The molecule has 0 aromatic rings. The van der Waals surface area contributed by atoms with Gasteiger partial charge in [-0.3, -0.25) is 4.79 Å². The first-order valence-corrected chi connectivity index (χ1v) is 8.56. The van der Waals surface area contributed by atoms with E-state index >= 15 is 0 Å². The van der Waals surface area contributed by atoms with E-state index in [1.807, 2.05) is 21.6 Å². The van der Waals surface area contributed by atoms with Gasteiger partial charge in [-0.1, -0.05) is 28.0 Å². The normalized spacial score (nSPS) is 20.7. The van der Waals surface area contributed by atoms with Gasteiger partial charge in [0.1, 0.15) is 0 Å². The summed E-state index contributed by atoms with van der Waals surface area (Å²) in [7, 11) is 2.13. The lowest BCUT2D eigenvalue weighted by Crippen LogP contribution is -2.48. The molecular weight excluding hydrogens is 273 g/mol. The molecule has 104 valence electrons. The van der Waals surface area contributed by atoms with E-state index < -0.39 is 19.7 Å². The number of aliphatic hydroxyl groups is 1. The molecule has 2 atom stereocenters. The molecule has 0 radical (unpaired) electrons. The van der Waals surface area contributed by atoms with Gasteiger partial charge in [-0.2, -0.15) is 0 Å². The predicted molar refractivity (Wildman–Crippen MR) is 76.1 cm³/mol. The lowest BCUT2D eigenvalue weighted by Gasteiger charge is -2.14. The molecule has 5 nitrogen and oxygen atoms in total. The van der Waals surface area contributed by atoms with Crippen LogP contribution in [0.1, 0.15) is 32.1 Å². The molecule has 1 amide bonds. The van der Waals surface area contributed by atoms with Crippen LogP contribution in [0.25, 0.3) is 0 Å². The Balaban J connectivity index is 2.05. The maximum Gasteiger partial charge on any atom is 0.477 e. The third kappa shape index (κ3) is 6.33. The van der Waals surface area contributed by atoms with Crippen molar-refractivity contribution < 1.29 is 19.9 Å². The summed E-state index contributed by atoms with van der Waals surface area (Å²) in [4.78, 5) is 11.5. The fourth-order valence-electron chi connectivity index (χ4n) is 1.72. The fraction of sp³-hybridized carbons (Fsp3) is 0.900. The number of hydrogen-bond donors (Lipinski definition) is 4. The van der Waals surface area contributed by atoms with Gasteiger partial charge < -0.3 is 20.5 Å². The van der Waals surface area contributed by atoms with Gasteiger partial charge in [-0.15, -0.1) is 0 Å². The molecule has 0 aromatic carbocycles. The van der Waals surface area contributed by atoms with Gasteiger partial charge in [0.05, 0.1) is 12.5 Å². The van der Waals surface area contributed by atoms with Crippen molar-refractivity contribution >= 4 is 34.6 Å². The van der Waals surface area contributed by atoms with Crippen LogP contribution in [0, 0.1) is 0 Å². The zero-order valence-electron chi connectivity index (χ0n) is 10.2. The zero-order valence-corrected chi connectivity index (χ0v) is 11.9. The molecule has 18 heavy (non-hydrogen) atoms. The fourth-order valence-corrected chi connectivity index (χ4v) is 4.74. The Labute approximate surface area is 116 Å². The number of nitrogens with one attached hydrogen (secondary N) is 1. The molecule has 4 N–H and O–H groups in total. The van der Waals surface area contributed by atoms with E-state index in [0.717, 1.165) is 24.5 Å². The van der Waals surface area contributed by atoms with Crippen molar-refractivity contribution in [1.82, 2.24) is 5.32 Å². The summed E-state index contributed by atoms with van der Waals surface area (Å²) in [5.41, 5.74) is 0. The van der Waals surface area contributed by atoms with E-state index in [-0.39, 0.29) is 5.91 Å². The van der Waals surface area contributed by atoms with E-state index in [9.17, 15) is 4.79 Å². The van der Waals surface area contributed by atoms with E-state index in [1.165, 1.54) is 12.2 Å². The van der Waals surface area contributed by atoms with Crippen molar-refractivity contribution in [3.63, 3.8) is 0 Å². The highest BCUT2D eigenvalue weighted by Gasteiger charge is 2.24. The SMILES string of the molecule is O=C(CCCC[C@@H]1CCSS1)N[C@H](CO)B(O)O. The van der Waals surface area contributed by atoms with Crippen LogP contribution < -0.4 is 5.32 Å². The minimum Gasteiger partial charge on any atom is -0.426 e. The Morgan fingerprint density at radius 2 is 2.22 bits per heavy atom. The summed E-state index contributed by atoms with van der Waals surface area (Å²) in [6.07, 6.45) is 4.57. The largest absolute Gasteiger partial charge is 0.477 e. The molecule has 1 saturated heterocycles. The van der Waals surface area contributed by atoms with Gasteiger partial charge >= 0.3 is 7.12 Å². The smallest absolute Gasteiger partial charge is 0.426 e. The van der Waals surface area contributed by atoms with Crippen LogP contribution in [-0.4, -0.2) is 51.7 Å². The van der Waals surface area contributed by atoms with Crippen molar-refractivity contribution in [2.24, 2.45) is 0 Å². The molecule has 0 spiro atoms. The van der Waals surface area contributed by atoms with Crippen molar-refractivity contribution in [1.29, 1.82) is 0 Å². The first-order valence-electron chi connectivity index (χ1n) is 6.18. The second kappa shape index (κ2) is 9.09. The maximum absolute atomic E-state index is 11.5. The van der Waals surface area contributed by atoms with Gasteiger partial charge in [0, 0.05) is 17.4 Å². The third-order valence-electron chi connectivity index (χ3n) is 2.81. The quantitative estimate of drug-likeness (QED) is 0.290. The number of carbonyl (C=O) groups excluding carboxylic acids is 1. The summed E-state index contributed by atoms with van der Waals surface area (Å²) in [6.45, 7) is -0.473. The number of amides is 1. The van der Waals surface area contributed by atoms with Crippen LogP contribution >= 0.6 is 21.6 Å². The Morgan fingerprint density at radius 1 is 1.44 bits per heavy atom. The van der Waals surface area contributed by atoms with Crippen LogP contribution in [0.2, 0.25) is 0 Å². The van der Waals surface area contributed by atoms with Gasteiger partial charge in [0.15, 0.2) is 0 Å². The Bertz CT molecular complexity index is 252. The predicted octanol–water partition coefficient (Wildman–Crippen LogP) is 0.190. The number of unbranched alkanes of at least 4 members (excludes halogenated alkanes) is 1. The molecule has 1 rings (SSSR count). The molecule has 8 heteroatoms. The molecule has 0 unspecified atom stereocenters. The second-order valence-corrected chi connectivity index (χ2v) is 7.13. The van der Waals surface area contributed by atoms with Crippen LogP contribution in [-0.2, 0) is 4.79 Å². The second-order valence-electron chi connectivity index (χ2n) is 4.34. The Kier molecular flexibility index (Phi) is 8.16. The number of aliphatic hydroxyl groups excluding tert-OH is 1. The van der Waals surface area contributed by atoms with Crippen molar-refractivity contribution in [3.8, 4) is 0 Å². The minimum atomic E-state index is -1.72. The lowest BCUT2D eigenvalue weighted by atomic mass is 9.80. The van der Waals surface area contributed by atoms with Crippen molar-refractivity contribution in [3.05, 3.63) is 0 Å². The number of hydrogen-bond acceptors (Lipinski definition) is 6. The average Bonchev–Trinajstić information content (AvgIpc) is 2.84. The number of carbonyl (C=O) groups is 1. The molecule has 1 aliphatic rings. The Morgan fingerprint density at radius 3 is 2.78 bits per heavy atom. The summed E-state index contributed by atoms with van der Waals surface area (Å²) >= 11 is 0. The topological polar surface area (TPSA) is 89.8 Å². The van der Waals surface area contributed by atoms with E-state index in [1.54, 1.807) is 0 Å². The van der Waals surface area contributed by atoms with E-state index in [0.29, 0.717) is 6.42 Å². The van der Waals surface area contributed by atoms with Gasteiger partial charge in [0.2, 0.25) is 5.91 Å². The zero-order chi connectivity index (χ0) is 13.4. The summed E-state index contributed by atoms with van der Waals surface area (Å²) in [6, 6.07) is 0. The molecule has 0 aromatic heterocycles. The standard InChI is InChI=1S/C10H20BNO4S2/c13-7-9(11(15)16)12-10(14)4-2-1-3-8-5-6-17-18-8/h8-9,13,15-16H,1-7H2,(H,12,14)/t8-,9-/m1/s1. The number of rotatable bonds is 8. The lowest BCUT2D eigenvalue weighted by molar-refractivity contribution is -0.121. The van der Waals surface area contributed by atoms with Crippen molar-refractivity contribution in [2.75, 3.05) is 12.4 Å². The van der Waals surface area contributed by atoms with Gasteiger partial charge in [-0.05, 0) is 19.3 Å². The van der Waals surface area contributed by atoms with Crippen LogP contribution in [0.5, 0.6) is 0 Å². The molecular formula is C10H20BNO4S2.